The molecule has 102 valence electrons. The van der Waals surface area contributed by atoms with Crippen molar-refractivity contribution in [3.05, 3.63) is 41.2 Å². The van der Waals surface area contributed by atoms with Crippen LogP contribution in [0.1, 0.15) is 41.7 Å². The first-order chi connectivity index (χ1) is 9.11. The third kappa shape index (κ3) is 3.35. The van der Waals surface area contributed by atoms with Crippen molar-refractivity contribution in [3.63, 3.8) is 0 Å². The lowest BCUT2D eigenvalue weighted by atomic mass is 10.1. The number of halogens is 1. The molecule has 0 bridgehead atoms. The standard InChI is InChI=1S/C15H19ClN2O/c1-3-8-18(13-6-4-5-7-13)15(19)12-9-11(2)17-14(16)10-12/h3,9-10,13H,1,4-8H2,2H3. The predicted molar refractivity (Wildman–Crippen MR) is 77.5 cm³/mol. The Labute approximate surface area is 119 Å². The summed E-state index contributed by atoms with van der Waals surface area (Å²) in [5.74, 6) is 0.0270. The van der Waals surface area contributed by atoms with E-state index in [2.05, 4.69) is 11.6 Å². The van der Waals surface area contributed by atoms with Gasteiger partial charge in [-0.25, -0.2) is 4.98 Å². The number of nitrogens with zero attached hydrogens (tertiary/aromatic N) is 2. The largest absolute Gasteiger partial charge is 0.332 e. The van der Waals surface area contributed by atoms with Crippen molar-refractivity contribution in [2.45, 2.75) is 38.6 Å². The van der Waals surface area contributed by atoms with Crippen LogP contribution in [0.15, 0.2) is 24.8 Å². The van der Waals surface area contributed by atoms with Crippen LogP contribution in [0, 0.1) is 6.92 Å². The van der Waals surface area contributed by atoms with Gasteiger partial charge in [0.15, 0.2) is 0 Å². The van der Waals surface area contributed by atoms with Crippen molar-refractivity contribution >= 4 is 17.5 Å². The van der Waals surface area contributed by atoms with Gasteiger partial charge in [0.2, 0.25) is 0 Å². The Kier molecular flexibility index (Phi) is 4.59. The molecular weight excluding hydrogens is 260 g/mol. The summed E-state index contributed by atoms with van der Waals surface area (Å²) in [4.78, 5) is 18.6. The van der Waals surface area contributed by atoms with Gasteiger partial charge in [-0.05, 0) is 31.9 Å². The molecule has 1 heterocycles. The van der Waals surface area contributed by atoms with Crippen molar-refractivity contribution in [2.75, 3.05) is 6.54 Å². The molecule has 0 aromatic carbocycles. The summed E-state index contributed by atoms with van der Waals surface area (Å²) in [6.07, 6.45) is 6.34. The summed E-state index contributed by atoms with van der Waals surface area (Å²) >= 11 is 5.93. The quantitative estimate of drug-likeness (QED) is 0.623. The Hall–Kier alpha value is -1.35. The van der Waals surface area contributed by atoms with Gasteiger partial charge in [0.25, 0.3) is 5.91 Å². The van der Waals surface area contributed by atoms with E-state index in [9.17, 15) is 4.79 Å². The number of amides is 1. The third-order valence-electron chi connectivity index (χ3n) is 3.52. The Morgan fingerprint density at radius 1 is 1.53 bits per heavy atom. The normalized spacial score (nSPS) is 15.5. The SMILES string of the molecule is C=CCN(C(=O)c1cc(C)nc(Cl)c1)C1CCCC1. The van der Waals surface area contributed by atoms with Gasteiger partial charge in [-0.15, -0.1) is 6.58 Å². The van der Waals surface area contributed by atoms with Crippen LogP contribution in [-0.4, -0.2) is 28.4 Å². The second-order valence-electron chi connectivity index (χ2n) is 5.00. The molecule has 0 aliphatic heterocycles. The maximum Gasteiger partial charge on any atom is 0.254 e. The van der Waals surface area contributed by atoms with Gasteiger partial charge in [-0.2, -0.15) is 0 Å². The molecule has 0 unspecified atom stereocenters. The van der Waals surface area contributed by atoms with Crippen molar-refractivity contribution in [1.82, 2.24) is 9.88 Å². The molecule has 0 saturated heterocycles. The second kappa shape index (κ2) is 6.20. The number of hydrogen-bond donors (Lipinski definition) is 0. The number of aromatic nitrogens is 1. The van der Waals surface area contributed by atoms with E-state index in [0.29, 0.717) is 23.3 Å². The number of pyridine rings is 1. The molecule has 3 nitrogen and oxygen atoms in total. The lowest BCUT2D eigenvalue weighted by Gasteiger charge is -2.28. The van der Waals surface area contributed by atoms with Gasteiger partial charge < -0.3 is 4.90 Å². The minimum Gasteiger partial charge on any atom is -0.332 e. The van der Waals surface area contributed by atoms with Crippen molar-refractivity contribution in [3.8, 4) is 0 Å². The molecule has 1 aliphatic rings. The predicted octanol–water partition coefficient (Wildman–Crippen LogP) is 3.61. The summed E-state index contributed by atoms with van der Waals surface area (Å²) in [5, 5.41) is 0.369. The van der Waals surface area contributed by atoms with E-state index in [1.54, 1.807) is 18.2 Å². The fourth-order valence-corrected chi connectivity index (χ4v) is 2.92. The zero-order chi connectivity index (χ0) is 13.8. The van der Waals surface area contributed by atoms with Crippen LogP contribution in [0.5, 0.6) is 0 Å². The van der Waals surface area contributed by atoms with Gasteiger partial charge in [0.05, 0.1) is 0 Å². The van der Waals surface area contributed by atoms with Crippen LogP contribution >= 0.6 is 11.6 Å². The lowest BCUT2D eigenvalue weighted by molar-refractivity contribution is 0.0706. The molecule has 0 atom stereocenters. The number of carbonyl (C=O) groups excluding carboxylic acids is 1. The fraction of sp³-hybridized carbons (Fsp3) is 0.467. The number of aryl methyl sites for hydroxylation is 1. The van der Waals surface area contributed by atoms with Crippen LogP contribution in [0.4, 0.5) is 0 Å². The van der Waals surface area contributed by atoms with E-state index >= 15 is 0 Å². The highest BCUT2D eigenvalue weighted by molar-refractivity contribution is 6.29. The zero-order valence-corrected chi connectivity index (χ0v) is 12.0. The van der Waals surface area contributed by atoms with E-state index in [0.717, 1.165) is 18.5 Å². The second-order valence-corrected chi connectivity index (χ2v) is 5.39. The Morgan fingerprint density at radius 3 is 2.79 bits per heavy atom. The van der Waals surface area contributed by atoms with Crippen LogP contribution in [0.25, 0.3) is 0 Å². The topological polar surface area (TPSA) is 33.2 Å². The van der Waals surface area contributed by atoms with E-state index in [4.69, 9.17) is 11.6 Å². The number of carbonyl (C=O) groups is 1. The Bertz CT molecular complexity index is 461. The summed E-state index contributed by atoms with van der Waals surface area (Å²) in [7, 11) is 0. The van der Waals surface area contributed by atoms with Crippen LogP contribution < -0.4 is 0 Å². The monoisotopic (exact) mass is 278 g/mol. The van der Waals surface area contributed by atoms with E-state index in [1.165, 1.54) is 12.8 Å². The van der Waals surface area contributed by atoms with Gasteiger partial charge in [0, 0.05) is 23.8 Å². The first-order valence-electron chi connectivity index (χ1n) is 6.68. The van der Waals surface area contributed by atoms with Crippen molar-refractivity contribution in [1.29, 1.82) is 0 Å². The zero-order valence-electron chi connectivity index (χ0n) is 11.2. The first kappa shape index (κ1) is 14.1. The minimum atomic E-state index is 0.0270. The highest BCUT2D eigenvalue weighted by Crippen LogP contribution is 2.25. The molecule has 1 amide bonds. The smallest absolute Gasteiger partial charge is 0.254 e. The average molecular weight is 279 g/mol. The van der Waals surface area contributed by atoms with E-state index in [1.807, 2.05) is 11.8 Å². The van der Waals surface area contributed by atoms with Gasteiger partial charge in [-0.3, -0.25) is 4.79 Å². The summed E-state index contributed by atoms with van der Waals surface area (Å²) in [5.41, 5.74) is 1.38. The molecule has 0 spiro atoms. The average Bonchev–Trinajstić information content (AvgIpc) is 2.87. The van der Waals surface area contributed by atoms with Crippen molar-refractivity contribution < 1.29 is 4.79 Å². The lowest BCUT2D eigenvalue weighted by Crippen LogP contribution is -2.39. The molecule has 4 heteroatoms. The van der Waals surface area contributed by atoms with Gasteiger partial charge in [0.1, 0.15) is 5.15 Å². The molecule has 1 fully saturated rings. The highest BCUT2D eigenvalue weighted by atomic mass is 35.5. The summed E-state index contributed by atoms with van der Waals surface area (Å²) in [6, 6.07) is 3.76. The molecule has 1 aliphatic carbocycles. The van der Waals surface area contributed by atoms with Crippen LogP contribution in [0.3, 0.4) is 0 Å². The Balaban J connectivity index is 2.24. The van der Waals surface area contributed by atoms with Gasteiger partial charge in [-0.1, -0.05) is 30.5 Å². The van der Waals surface area contributed by atoms with E-state index < -0.39 is 0 Å². The molecule has 0 N–H and O–H groups in total. The molecule has 0 radical (unpaired) electrons. The van der Waals surface area contributed by atoms with Crippen LogP contribution in [-0.2, 0) is 0 Å². The molecule has 19 heavy (non-hydrogen) atoms. The molecule has 1 aromatic rings. The molecular formula is C15H19ClN2O. The Morgan fingerprint density at radius 2 is 2.21 bits per heavy atom. The fourth-order valence-electron chi connectivity index (χ4n) is 2.67. The molecule has 1 aromatic heterocycles. The maximum absolute atomic E-state index is 12.6. The number of hydrogen-bond acceptors (Lipinski definition) is 2. The first-order valence-corrected chi connectivity index (χ1v) is 7.05. The highest BCUT2D eigenvalue weighted by Gasteiger charge is 2.26. The van der Waals surface area contributed by atoms with Crippen molar-refractivity contribution in [2.24, 2.45) is 0 Å². The summed E-state index contributed by atoms with van der Waals surface area (Å²) in [6.45, 7) is 6.18. The third-order valence-corrected chi connectivity index (χ3v) is 3.71. The maximum atomic E-state index is 12.6. The minimum absolute atomic E-state index is 0.0270. The molecule has 1 saturated carbocycles. The van der Waals surface area contributed by atoms with Crippen LogP contribution in [0.2, 0.25) is 5.15 Å². The van der Waals surface area contributed by atoms with Gasteiger partial charge >= 0.3 is 0 Å². The summed E-state index contributed by atoms with van der Waals surface area (Å²) < 4.78 is 0. The van der Waals surface area contributed by atoms with E-state index in [-0.39, 0.29) is 5.91 Å². The molecule has 2 rings (SSSR count). The number of rotatable bonds is 4.